The highest BCUT2D eigenvalue weighted by atomic mass is 19.1. The first kappa shape index (κ1) is 7.00. The van der Waals surface area contributed by atoms with Crippen LogP contribution in [0.2, 0.25) is 0 Å². The first-order valence-corrected chi connectivity index (χ1v) is 3.52. The van der Waals surface area contributed by atoms with Crippen molar-refractivity contribution in [1.82, 2.24) is 5.32 Å². The maximum Gasteiger partial charge on any atom is 0.123 e. The third-order valence-corrected chi connectivity index (χ3v) is 2.25. The van der Waals surface area contributed by atoms with Crippen molar-refractivity contribution >= 4 is 0 Å². The largest absolute Gasteiger partial charge is 0.314 e. The molecule has 9 heavy (non-hydrogen) atoms. The summed E-state index contributed by atoms with van der Waals surface area (Å²) in [5.74, 6) is 0.221. The maximum absolute atomic E-state index is 13.2. The molecule has 0 aromatic heterocycles. The molecule has 1 fully saturated rings. The van der Waals surface area contributed by atoms with Gasteiger partial charge in [-0.05, 0) is 25.8 Å². The van der Waals surface area contributed by atoms with Gasteiger partial charge in [-0.3, -0.25) is 0 Å². The van der Waals surface area contributed by atoms with Gasteiger partial charge in [0, 0.05) is 6.54 Å². The number of nitrogens with one attached hydrogen (secondary N) is 1. The van der Waals surface area contributed by atoms with Gasteiger partial charge in [-0.1, -0.05) is 6.92 Å². The molecule has 2 atom stereocenters. The van der Waals surface area contributed by atoms with Gasteiger partial charge in [0.1, 0.15) is 5.67 Å². The summed E-state index contributed by atoms with van der Waals surface area (Å²) < 4.78 is 13.2. The Morgan fingerprint density at radius 3 is 2.67 bits per heavy atom. The number of alkyl halides is 1. The van der Waals surface area contributed by atoms with Crippen LogP contribution >= 0.6 is 0 Å². The number of hydrogen-bond acceptors (Lipinski definition) is 1. The molecule has 1 aliphatic rings. The van der Waals surface area contributed by atoms with Gasteiger partial charge in [0.05, 0.1) is 0 Å². The second-order valence-electron chi connectivity index (χ2n) is 3.14. The van der Waals surface area contributed by atoms with Gasteiger partial charge < -0.3 is 5.32 Å². The molecule has 1 saturated heterocycles. The molecule has 54 valence electrons. The Kier molecular flexibility index (Phi) is 1.75. The van der Waals surface area contributed by atoms with E-state index >= 15 is 0 Å². The molecule has 2 heteroatoms. The fraction of sp³-hybridized carbons (Fsp3) is 1.00. The molecule has 1 N–H and O–H groups in total. The molecule has 1 rings (SSSR count). The lowest BCUT2D eigenvalue weighted by molar-refractivity contribution is 0.0823. The van der Waals surface area contributed by atoms with Crippen LogP contribution in [0.5, 0.6) is 0 Å². The van der Waals surface area contributed by atoms with Crippen molar-refractivity contribution in [2.75, 3.05) is 13.1 Å². The standard InChI is InChI=1S/C7H14FN/c1-6-3-4-9-5-7(6,2)8/h6,9H,3-5H2,1-2H3/t6-,7-/m0/s1. The van der Waals surface area contributed by atoms with Crippen LogP contribution in [0.15, 0.2) is 0 Å². The number of piperidine rings is 1. The first-order chi connectivity index (χ1) is 4.13. The van der Waals surface area contributed by atoms with Crippen LogP contribution in [0.1, 0.15) is 20.3 Å². The second kappa shape index (κ2) is 2.25. The van der Waals surface area contributed by atoms with E-state index in [0.717, 1.165) is 13.0 Å². The first-order valence-electron chi connectivity index (χ1n) is 3.52. The Hall–Kier alpha value is -0.110. The van der Waals surface area contributed by atoms with E-state index in [-0.39, 0.29) is 5.92 Å². The minimum Gasteiger partial charge on any atom is -0.314 e. The molecule has 1 aliphatic heterocycles. The number of hydrogen-bond donors (Lipinski definition) is 1. The van der Waals surface area contributed by atoms with Crippen molar-refractivity contribution < 1.29 is 4.39 Å². The third kappa shape index (κ3) is 1.42. The van der Waals surface area contributed by atoms with Crippen molar-refractivity contribution in [2.45, 2.75) is 25.9 Å². The Morgan fingerprint density at radius 1 is 1.67 bits per heavy atom. The molecule has 0 aliphatic carbocycles. The van der Waals surface area contributed by atoms with E-state index in [2.05, 4.69) is 5.32 Å². The van der Waals surface area contributed by atoms with E-state index in [1.54, 1.807) is 6.92 Å². The molecule has 0 aromatic rings. The van der Waals surface area contributed by atoms with E-state index in [9.17, 15) is 4.39 Å². The molecule has 0 spiro atoms. The Balaban J connectivity index is 2.49. The Bertz CT molecular complexity index is 101. The highest BCUT2D eigenvalue weighted by molar-refractivity contribution is 4.86. The summed E-state index contributed by atoms with van der Waals surface area (Å²) in [5.41, 5.74) is -0.974. The Labute approximate surface area is 55.6 Å². The highest BCUT2D eigenvalue weighted by Crippen LogP contribution is 2.26. The van der Waals surface area contributed by atoms with E-state index in [4.69, 9.17) is 0 Å². The van der Waals surface area contributed by atoms with Crippen molar-refractivity contribution in [3.05, 3.63) is 0 Å². The summed E-state index contributed by atoms with van der Waals surface area (Å²) >= 11 is 0. The quantitative estimate of drug-likeness (QED) is 0.523. The van der Waals surface area contributed by atoms with Crippen LogP contribution in [0.25, 0.3) is 0 Å². The maximum atomic E-state index is 13.2. The van der Waals surface area contributed by atoms with Crippen LogP contribution in [-0.4, -0.2) is 18.8 Å². The summed E-state index contributed by atoms with van der Waals surface area (Å²) in [6.45, 7) is 5.14. The molecular formula is C7H14FN. The van der Waals surface area contributed by atoms with Crippen LogP contribution < -0.4 is 5.32 Å². The summed E-state index contributed by atoms with van der Waals surface area (Å²) in [4.78, 5) is 0. The molecule has 1 nitrogen and oxygen atoms in total. The fourth-order valence-electron chi connectivity index (χ4n) is 1.13. The summed E-state index contributed by atoms with van der Waals surface area (Å²) in [7, 11) is 0. The van der Waals surface area contributed by atoms with Crippen LogP contribution in [0, 0.1) is 5.92 Å². The van der Waals surface area contributed by atoms with Crippen LogP contribution in [0.3, 0.4) is 0 Å². The van der Waals surface area contributed by atoms with Crippen molar-refractivity contribution in [2.24, 2.45) is 5.92 Å². The monoisotopic (exact) mass is 131 g/mol. The lowest BCUT2D eigenvalue weighted by Gasteiger charge is -2.32. The minimum atomic E-state index is -0.974. The molecule has 0 aromatic carbocycles. The van der Waals surface area contributed by atoms with Crippen molar-refractivity contribution in [3.63, 3.8) is 0 Å². The zero-order valence-corrected chi connectivity index (χ0v) is 6.08. The summed E-state index contributed by atoms with van der Waals surface area (Å²) in [6.07, 6.45) is 0.965. The van der Waals surface area contributed by atoms with E-state index in [1.807, 2.05) is 6.92 Å². The molecule has 0 unspecified atom stereocenters. The molecule has 0 saturated carbocycles. The molecule has 0 radical (unpaired) electrons. The number of rotatable bonds is 0. The smallest absolute Gasteiger partial charge is 0.123 e. The molecule has 1 heterocycles. The van der Waals surface area contributed by atoms with Crippen LogP contribution in [-0.2, 0) is 0 Å². The zero-order valence-electron chi connectivity index (χ0n) is 6.08. The number of halogens is 1. The van der Waals surface area contributed by atoms with Gasteiger partial charge in [0.15, 0.2) is 0 Å². The SMILES string of the molecule is C[C@H]1CCNC[C@]1(C)F. The van der Waals surface area contributed by atoms with Gasteiger partial charge in [0.25, 0.3) is 0 Å². The van der Waals surface area contributed by atoms with E-state index in [1.165, 1.54) is 0 Å². The summed E-state index contributed by atoms with van der Waals surface area (Å²) in [6, 6.07) is 0. The lowest BCUT2D eigenvalue weighted by atomic mass is 9.87. The van der Waals surface area contributed by atoms with Gasteiger partial charge in [-0.2, -0.15) is 0 Å². The fourth-order valence-corrected chi connectivity index (χ4v) is 1.13. The Morgan fingerprint density at radius 2 is 2.33 bits per heavy atom. The third-order valence-electron chi connectivity index (χ3n) is 2.25. The van der Waals surface area contributed by atoms with E-state index < -0.39 is 5.67 Å². The minimum absolute atomic E-state index is 0.221. The van der Waals surface area contributed by atoms with E-state index in [0.29, 0.717) is 6.54 Å². The van der Waals surface area contributed by atoms with Gasteiger partial charge in [-0.25, -0.2) is 4.39 Å². The topological polar surface area (TPSA) is 12.0 Å². The van der Waals surface area contributed by atoms with Gasteiger partial charge >= 0.3 is 0 Å². The summed E-state index contributed by atoms with van der Waals surface area (Å²) in [5, 5.41) is 3.03. The van der Waals surface area contributed by atoms with Gasteiger partial charge in [0.2, 0.25) is 0 Å². The molecule has 0 amide bonds. The lowest BCUT2D eigenvalue weighted by Crippen LogP contribution is -2.45. The van der Waals surface area contributed by atoms with Crippen LogP contribution in [0.4, 0.5) is 4.39 Å². The average molecular weight is 131 g/mol. The molecular weight excluding hydrogens is 117 g/mol. The van der Waals surface area contributed by atoms with Crippen molar-refractivity contribution in [1.29, 1.82) is 0 Å². The van der Waals surface area contributed by atoms with Crippen molar-refractivity contribution in [3.8, 4) is 0 Å². The molecule has 0 bridgehead atoms. The normalized spacial score (nSPS) is 45.0. The highest BCUT2D eigenvalue weighted by Gasteiger charge is 2.32. The second-order valence-corrected chi connectivity index (χ2v) is 3.14. The van der Waals surface area contributed by atoms with Gasteiger partial charge in [-0.15, -0.1) is 0 Å². The predicted molar refractivity (Wildman–Crippen MR) is 36.2 cm³/mol. The average Bonchev–Trinajstić information content (AvgIpc) is 1.77. The predicted octanol–water partition coefficient (Wildman–Crippen LogP) is 1.34. The zero-order chi connectivity index (χ0) is 6.91.